The molecule has 0 saturated carbocycles. The molecule has 0 radical (unpaired) electrons. The third-order valence-corrected chi connectivity index (χ3v) is 5.53. The van der Waals surface area contributed by atoms with Crippen molar-refractivity contribution in [2.45, 2.75) is 26.2 Å². The van der Waals surface area contributed by atoms with Crippen LogP contribution in [0, 0.1) is 0 Å². The van der Waals surface area contributed by atoms with E-state index in [9.17, 15) is 0 Å². The molecule has 29 heavy (non-hydrogen) atoms. The molecule has 3 aromatic carbocycles. The zero-order chi connectivity index (χ0) is 19.8. The average molecular weight is 377 g/mol. The van der Waals surface area contributed by atoms with Gasteiger partial charge in [0.1, 0.15) is 11.2 Å². The molecule has 5 rings (SSSR count). The van der Waals surface area contributed by atoms with E-state index < -0.39 is 0 Å². The Hall–Kier alpha value is -3.39. The predicted octanol–water partition coefficient (Wildman–Crippen LogP) is 7.36. The molecule has 0 bridgehead atoms. The van der Waals surface area contributed by atoms with Crippen molar-refractivity contribution in [2.75, 3.05) is 0 Å². The lowest BCUT2D eigenvalue weighted by molar-refractivity contribution is 0.658. The molecule has 0 N–H and O–H groups in total. The van der Waals surface area contributed by atoms with Gasteiger partial charge in [-0.3, -0.25) is 4.98 Å². The third-order valence-electron chi connectivity index (χ3n) is 5.53. The lowest BCUT2D eigenvalue weighted by Gasteiger charge is -2.06. The SMILES string of the molecule is CC(C)c1cccc2c1oc1c(-c3cc(Cc4ccccc4)ccn3)cccc12. The summed E-state index contributed by atoms with van der Waals surface area (Å²) in [6.07, 6.45) is 2.79. The first-order chi connectivity index (χ1) is 14.2. The van der Waals surface area contributed by atoms with E-state index in [0.717, 1.165) is 34.2 Å². The summed E-state index contributed by atoms with van der Waals surface area (Å²) in [5, 5.41) is 2.32. The van der Waals surface area contributed by atoms with E-state index in [-0.39, 0.29) is 0 Å². The minimum absolute atomic E-state index is 0.412. The van der Waals surface area contributed by atoms with E-state index in [1.54, 1.807) is 0 Å². The Morgan fingerprint density at radius 3 is 2.31 bits per heavy atom. The molecule has 142 valence electrons. The number of nitrogens with zero attached hydrogens (tertiary/aromatic N) is 1. The van der Waals surface area contributed by atoms with Gasteiger partial charge in [-0.25, -0.2) is 0 Å². The molecule has 0 atom stereocenters. The first-order valence-corrected chi connectivity index (χ1v) is 10.1. The highest BCUT2D eigenvalue weighted by Gasteiger charge is 2.16. The molecule has 2 nitrogen and oxygen atoms in total. The predicted molar refractivity (Wildman–Crippen MR) is 120 cm³/mol. The van der Waals surface area contributed by atoms with Crippen LogP contribution in [0.1, 0.15) is 36.5 Å². The smallest absolute Gasteiger partial charge is 0.144 e. The van der Waals surface area contributed by atoms with Gasteiger partial charge in [-0.1, -0.05) is 74.5 Å². The highest BCUT2D eigenvalue weighted by molar-refractivity contribution is 6.10. The summed E-state index contributed by atoms with van der Waals surface area (Å²) >= 11 is 0. The second-order valence-electron chi connectivity index (χ2n) is 7.87. The second-order valence-corrected chi connectivity index (χ2v) is 7.87. The number of benzene rings is 3. The minimum Gasteiger partial charge on any atom is -0.455 e. The Morgan fingerprint density at radius 1 is 0.759 bits per heavy atom. The number of rotatable bonds is 4. The Balaban J connectivity index is 1.65. The van der Waals surface area contributed by atoms with Crippen LogP contribution < -0.4 is 0 Å². The zero-order valence-electron chi connectivity index (χ0n) is 16.7. The van der Waals surface area contributed by atoms with Crippen molar-refractivity contribution in [1.82, 2.24) is 4.98 Å². The van der Waals surface area contributed by atoms with Gasteiger partial charge < -0.3 is 4.42 Å². The van der Waals surface area contributed by atoms with Crippen LogP contribution in [0.3, 0.4) is 0 Å². The second kappa shape index (κ2) is 7.21. The number of pyridine rings is 1. The minimum atomic E-state index is 0.412. The summed E-state index contributed by atoms with van der Waals surface area (Å²) in [5.41, 5.74) is 7.70. The molecule has 0 aliphatic heterocycles. The highest BCUT2D eigenvalue weighted by Crippen LogP contribution is 2.38. The lowest BCUT2D eigenvalue weighted by Crippen LogP contribution is -1.91. The largest absolute Gasteiger partial charge is 0.455 e. The quantitative estimate of drug-likeness (QED) is 0.327. The molecule has 0 spiro atoms. The molecular formula is C27H23NO. The summed E-state index contributed by atoms with van der Waals surface area (Å²) in [5.74, 6) is 0.412. The van der Waals surface area contributed by atoms with Crippen molar-refractivity contribution < 1.29 is 4.42 Å². The number of furan rings is 1. The fourth-order valence-electron chi connectivity index (χ4n) is 4.06. The molecule has 0 aliphatic rings. The van der Waals surface area contributed by atoms with Crippen molar-refractivity contribution in [3.63, 3.8) is 0 Å². The third kappa shape index (κ3) is 3.21. The molecule has 2 heterocycles. The van der Waals surface area contributed by atoms with E-state index in [0.29, 0.717) is 5.92 Å². The van der Waals surface area contributed by atoms with E-state index in [1.807, 2.05) is 6.20 Å². The Kier molecular flexibility index (Phi) is 4.40. The summed E-state index contributed by atoms with van der Waals surface area (Å²) < 4.78 is 6.45. The average Bonchev–Trinajstić information content (AvgIpc) is 3.13. The van der Waals surface area contributed by atoms with Gasteiger partial charge in [0.05, 0.1) is 5.69 Å². The molecule has 0 amide bonds. The molecule has 2 aromatic heterocycles. The molecule has 5 aromatic rings. The summed E-state index contributed by atoms with van der Waals surface area (Å²) in [6.45, 7) is 4.41. The van der Waals surface area contributed by atoms with Crippen LogP contribution in [-0.2, 0) is 6.42 Å². The molecule has 0 saturated heterocycles. The number of para-hydroxylation sites is 2. The van der Waals surface area contributed by atoms with Crippen LogP contribution in [0.5, 0.6) is 0 Å². The molecule has 0 fully saturated rings. The molecule has 0 aliphatic carbocycles. The summed E-state index contributed by atoms with van der Waals surface area (Å²) in [4.78, 5) is 4.67. The maximum atomic E-state index is 6.45. The fraction of sp³-hybridized carbons (Fsp3) is 0.148. The summed E-state index contributed by atoms with van der Waals surface area (Å²) in [6, 6.07) is 27.6. The van der Waals surface area contributed by atoms with Gasteiger partial charge in [-0.15, -0.1) is 0 Å². The first kappa shape index (κ1) is 17.7. The highest BCUT2D eigenvalue weighted by atomic mass is 16.3. The number of aromatic nitrogens is 1. The first-order valence-electron chi connectivity index (χ1n) is 10.1. The maximum Gasteiger partial charge on any atom is 0.144 e. The molecule has 2 heteroatoms. The van der Waals surface area contributed by atoms with Gasteiger partial charge in [0.25, 0.3) is 0 Å². The number of fused-ring (bicyclic) bond motifs is 3. The van der Waals surface area contributed by atoms with Crippen molar-refractivity contribution >= 4 is 21.9 Å². The van der Waals surface area contributed by atoms with E-state index in [4.69, 9.17) is 4.42 Å². The zero-order valence-corrected chi connectivity index (χ0v) is 16.7. The van der Waals surface area contributed by atoms with Crippen molar-refractivity contribution in [3.05, 3.63) is 102 Å². The van der Waals surface area contributed by atoms with Gasteiger partial charge in [0, 0.05) is 22.5 Å². The Bertz CT molecular complexity index is 1300. The Morgan fingerprint density at radius 2 is 1.52 bits per heavy atom. The van der Waals surface area contributed by atoms with Gasteiger partial charge >= 0.3 is 0 Å². The molecular weight excluding hydrogens is 354 g/mol. The van der Waals surface area contributed by atoms with Crippen molar-refractivity contribution in [1.29, 1.82) is 0 Å². The lowest BCUT2D eigenvalue weighted by atomic mass is 9.99. The number of hydrogen-bond acceptors (Lipinski definition) is 2. The Labute approximate surface area is 170 Å². The van der Waals surface area contributed by atoms with E-state index in [2.05, 4.69) is 97.7 Å². The van der Waals surface area contributed by atoms with E-state index >= 15 is 0 Å². The topological polar surface area (TPSA) is 26.0 Å². The fourth-order valence-corrected chi connectivity index (χ4v) is 4.06. The normalized spacial score (nSPS) is 11.6. The van der Waals surface area contributed by atoms with Gasteiger partial charge in [-0.05, 0) is 47.2 Å². The summed E-state index contributed by atoms with van der Waals surface area (Å²) in [7, 11) is 0. The van der Waals surface area contributed by atoms with Crippen LogP contribution in [-0.4, -0.2) is 4.98 Å². The number of hydrogen-bond donors (Lipinski definition) is 0. The van der Waals surface area contributed by atoms with Crippen LogP contribution in [0.25, 0.3) is 33.2 Å². The van der Waals surface area contributed by atoms with Crippen LogP contribution >= 0.6 is 0 Å². The van der Waals surface area contributed by atoms with E-state index in [1.165, 1.54) is 22.1 Å². The van der Waals surface area contributed by atoms with Crippen LogP contribution in [0.2, 0.25) is 0 Å². The van der Waals surface area contributed by atoms with Gasteiger partial charge in [-0.2, -0.15) is 0 Å². The van der Waals surface area contributed by atoms with Gasteiger partial charge in [0.2, 0.25) is 0 Å². The molecule has 0 unspecified atom stereocenters. The van der Waals surface area contributed by atoms with Gasteiger partial charge in [0.15, 0.2) is 0 Å². The van der Waals surface area contributed by atoms with Crippen LogP contribution in [0.4, 0.5) is 0 Å². The van der Waals surface area contributed by atoms with Crippen molar-refractivity contribution in [3.8, 4) is 11.3 Å². The monoisotopic (exact) mass is 377 g/mol. The maximum absolute atomic E-state index is 6.45. The van der Waals surface area contributed by atoms with Crippen molar-refractivity contribution in [2.24, 2.45) is 0 Å². The van der Waals surface area contributed by atoms with Crippen LogP contribution in [0.15, 0.2) is 89.5 Å². The standard InChI is InChI=1S/C27H23NO/c1-18(2)21-10-6-11-22-23-12-7-13-24(27(23)29-26(21)22)25-17-20(14-15-28-25)16-19-8-4-3-5-9-19/h3-15,17-18H,16H2,1-2H3.